The van der Waals surface area contributed by atoms with Crippen molar-refractivity contribution < 1.29 is 9.53 Å². The summed E-state index contributed by atoms with van der Waals surface area (Å²) in [5.74, 6) is 1.21. The van der Waals surface area contributed by atoms with Crippen LogP contribution in [0.4, 0.5) is 22.7 Å². The minimum atomic E-state index is -0.319. The van der Waals surface area contributed by atoms with E-state index in [-0.39, 0.29) is 5.97 Å². The van der Waals surface area contributed by atoms with Crippen LogP contribution in [0.1, 0.15) is 80.4 Å². The Bertz CT molecular complexity index is 1890. The van der Waals surface area contributed by atoms with E-state index in [9.17, 15) is 4.79 Å². The third-order valence-corrected chi connectivity index (χ3v) is 9.95. The number of hydrogen-bond donors (Lipinski definition) is 0. The number of carbonyl (C=O) groups excluding carboxylic acids is 1. The summed E-state index contributed by atoms with van der Waals surface area (Å²) in [7, 11) is 0. The number of esters is 1. The van der Waals surface area contributed by atoms with Gasteiger partial charge in [-0.1, -0.05) is 111 Å². The lowest BCUT2D eigenvalue weighted by Crippen LogP contribution is -2.13. The van der Waals surface area contributed by atoms with E-state index in [2.05, 4.69) is 87.7 Å². The zero-order valence-electron chi connectivity index (χ0n) is 29.9. The van der Waals surface area contributed by atoms with Gasteiger partial charge in [-0.15, -0.1) is 0 Å². The van der Waals surface area contributed by atoms with Crippen LogP contribution >= 0.6 is 0 Å². The third-order valence-electron chi connectivity index (χ3n) is 9.95. The molecule has 0 aliphatic heterocycles. The topological polar surface area (TPSA) is 75.7 Å². The van der Waals surface area contributed by atoms with Crippen LogP contribution in [-0.2, 0) is 16.0 Å². The van der Waals surface area contributed by atoms with Gasteiger partial charge < -0.3 is 4.74 Å². The molecule has 0 N–H and O–H groups in total. The summed E-state index contributed by atoms with van der Waals surface area (Å²) in [6, 6.07) is 43.7. The molecule has 1 aliphatic rings. The molecular weight excluding hydrogens is 641 g/mol. The van der Waals surface area contributed by atoms with Gasteiger partial charge >= 0.3 is 5.97 Å². The molecule has 6 heteroatoms. The van der Waals surface area contributed by atoms with Crippen LogP contribution in [0.25, 0.3) is 11.1 Å². The lowest BCUT2D eigenvalue weighted by atomic mass is 9.77. The zero-order valence-corrected chi connectivity index (χ0v) is 29.9. The second-order valence-electron chi connectivity index (χ2n) is 13.7. The molecule has 1 fully saturated rings. The average Bonchev–Trinajstić information content (AvgIpc) is 3.21. The number of unbranched alkanes of at least 4 members (excludes halogenated alkanes) is 3. The number of azo groups is 2. The lowest BCUT2D eigenvalue weighted by molar-refractivity contribution is -0.137. The van der Waals surface area contributed by atoms with Crippen LogP contribution in [0.2, 0.25) is 0 Å². The van der Waals surface area contributed by atoms with E-state index in [1.54, 1.807) is 0 Å². The highest BCUT2D eigenvalue weighted by Gasteiger charge is 2.22. The Labute approximate surface area is 308 Å². The van der Waals surface area contributed by atoms with Gasteiger partial charge in [0, 0.05) is 6.08 Å². The van der Waals surface area contributed by atoms with Crippen LogP contribution in [0.15, 0.2) is 161 Å². The van der Waals surface area contributed by atoms with Crippen molar-refractivity contribution in [3.05, 3.63) is 157 Å². The fourth-order valence-electron chi connectivity index (χ4n) is 6.90. The Balaban J connectivity index is 0.913. The maximum Gasteiger partial charge on any atom is 0.330 e. The highest BCUT2D eigenvalue weighted by molar-refractivity contribution is 5.81. The van der Waals surface area contributed by atoms with Gasteiger partial charge in [0.25, 0.3) is 0 Å². The second kappa shape index (κ2) is 19.2. The van der Waals surface area contributed by atoms with E-state index < -0.39 is 0 Å². The predicted octanol–water partition coefficient (Wildman–Crippen LogP) is 13.7. The normalized spacial score (nSPS) is 15.9. The molecule has 0 bridgehead atoms. The Morgan fingerprint density at radius 1 is 0.577 bits per heavy atom. The van der Waals surface area contributed by atoms with Crippen molar-refractivity contribution in [3.8, 4) is 11.1 Å². The molecular formula is C46H48N4O2. The maximum atomic E-state index is 11.1. The highest BCUT2D eigenvalue weighted by Crippen LogP contribution is 2.38. The highest BCUT2D eigenvalue weighted by atomic mass is 16.5. The SMILES string of the molecule is C=CC(=O)OCCCCCCC1CCC(c2ccc(-c3ccc(Cc4ccc(N=Nc5ccc(N=Nc6ccccc6)cc5)cc4)cc3)cc2)CC1. The molecule has 0 aromatic heterocycles. The Morgan fingerprint density at radius 2 is 1.06 bits per heavy atom. The summed E-state index contributed by atoms with van der Waals surface area (Å²) in [6.45, 7) is 3.94. The number of rotatable bonds is 16. The van der Waals surface area contributed by atoms with E-state index in [0.717, 1.165) is 47.9 Å². The first-order valence-electron chi connectivity index (χ1n) is 18.7. The molecule has 0 heterocycles. The second-order valence-corrected chi connectivity index (χ2v) is 13.7. The molecule has 0 radical (unpaired) electrons. The third kappa shape index (κ3) is 11.3. The molecule has 0 spiro atoms. The first-order chi connectivity index (χ1) is 25.6. The Kier molecular flexibility index (Phi) is 13.4. The van der Waals surface area contributed by atoms with Crippen LogP contribution < -0.4 is 0 Å². The van der Waals surface area contributed by atoms with Crippen molar-refractivity contribution in [2.45, 2.75) is 70.1 Å². The fraction of sp³-hybridized carbons (Fsp3) is 0.283. The van der Waals surface area contributed by atoms with Crippen LogP contribution in [0, 0.1) is 5.92 Å². The Hall–Kier alpha value is -5.49. The molecule has 0 unspecified atom stereocenters. The van der Waals surface area contributed by atoms with E-state index in [1.807, 2.05) is 66.7 Å². The van der Waals surface area contributed by atoms with E-state index in [0.29, 0.717) is 12.5 Å². The molecule has 5 aromatic carbocycles. The molecule has 0 saturated heterocycles. The average molecular weight is 689 g/mol. The Morgan fingerprint density at radius 3 is 1.62 bits per heavy atom. The number of benzene rings is 5. The summed E-state index contributed by atoms with van der Waals surface area (Å²) < 4.78 is 5.06. The van der Waals surface area contributed by atoms with Crippen molar-refractivity contribution >= 4 is 28.7 Å². The summed E-state index contributed by atoms with van der Waals surface area (Å²) in [4.78, 5) is 11.1. The van der Waals surface area contributed by atoms with Gasteiger partial charge in [0.05, 0.1) is 29.4 Å². The minimum Gasteiger partial charge on any atom is -0.463 e. The van der Waals surface area contributed by atoms with Crippen molar-refractivity contribution in [1.29, 1.82) is 0 Å². The first kappa shape index (κ1) is 36.3. The summed E-state index contributed by atoms with van der Waals surface area (Å²) in [6.07, 6.45) is 13.2. The molecule has 1 saturated carbocycles. The van der Waals surface area contributed by atoms with Crippen molar-refractivity contribution in [2.75, 3.05) is 6.61 Å². The first-order valence-corrected chi connectivity index (χ1v) is 18.7. The predicted molar refractivity (Wildman–Crippen MR) is 211 cm³/mol. The fourth-order valence-corrected chi connectivity index (χ4v) is 6.90. The van der Waals surface area contributed by atoms with Gasteiger partial charge in [0.2, 0.25) is 0 Å². The number of ether oxygens (including phenoxy) is 1. The molecule has 0 amide bonds. The van der Waals surface area contributed by atoms with E-state index in [1.165, 1.54) is 78.8 Å². The maximum absolute atomic E-state index is 11.1. The quantitative estimate of drug-likeness (QED) is 0.0448. The molecule has 6 nitrogen and oxygen atoms in total. The number of nitrogens with zero attached hydrogens (tertiary/aromatic N) is 4. The number of hydrogen-bond acceptors (Lipinski definition) is 6. The van der Waals surface area contributed by atoms with Gasteiger partial charge in [0.15, 0.2) is 0 Å². The standard InChI is InChI=1S/C46H48N4O2/c1-2-46(51)52-33-9-4-3-6-10-35-13-19-38(20-14-35)40-23-25-41(26-24-40)39-21-15-36(16-22-39)34-37-17-27-43(28-18-37)48-50-45-31-29-44(30-32-45)49-47-42-11-7-5-8-12-42/h2,5,7-8,11-12,15-18,21-32,35,38H,1,3-4,6,9-10,13-14,19-20,33-34H2. The minimum absolute atomic E-state index is 0.319. The molecule has 0 atom stereocenters. The lowest BCUT2D eigenvalue weighted by Gasteiger charge is -2.29. The van der Waals surface area contributed by atoms with Crippen molar-refractivity contribution in [3.63, 3.8) is 0 Å². The molecule has 6 rings (SSSR count). The van der Waals surface area contributed by atoms with E-state index >= 15 is 0 Å². The van der Waals surface area contributed by atoms with Crippen molar-refractivity contribution in [2.24, 2.45) is 26.4 Å². The van der Waals surface area contributed by atoms with Gasteiger partial charge in [-0.05, 0) is 127 Å². The molecule has 264 valence electrons. The van der Waals surface area contributed by atoms with Crippen LogP contribution in [0.3, 0.4) is 0 Å². The van der Waals surface area contributed by atoms with Crippen LogP contribution in [0.5, 0.6) is 0 Å². The molecule has 52 heavy (non-hydrogen) atoms. The summed E-state index contributed by atoms with van der Waals surface area (Å²) in [5.41, 5.74) is 9.69. The summed E-state index contributed by atoms with van der Waals surface area (Å²) >= 11 is 0. The zero-order chi connectivity index (χ0) is 35.8. The molecule has 5 aromatic rings. The van der Waals surface area contributed by atoms with Gasteiger partial charge in [-0.25, -0.2) is 4.79 Å². The summed E-state index contributed by atoms with van der Waals surface area (Å²) in [5, 5.41) is 17.3. The van der Waals surface area contributed by atoms with Crippen molar-refractivity contribution in [1.82, 2.24) is 0 Å². The van der Waals surface area contributed by atoms with Gasteiger partial charge in [-0.3, -0.25) is 0 Å². The van der Waals surface area contributed by atoms with Gasteiger partial charge in [0.1, 0.15) is 0 Å². The monoisotopic (exact) mass is 688 g/mol. The number of carbonyl (C=O) groups is 1. The molecule has 1 aliphatic carbocycles. The largest absolute Gasteiger partial charge is 0.463 e. The van der Waals surface area contributed by atoms with Crippen LogP contribution in [-0.4, -0.2) is 12.6 Å². The van der Waals surface area contributed by atoms with E-state index in [4.69, 9.17) is 4.74 Å². The van der Waals surface area contributed by atoms with Gasteiger partial charge in [-0.2, -0.15) is 20.5 Å². The smallest absolute Gasteiger partial charge is 0.330 e.